The first-order chi connectivity index (χ1) is 15.2. The third kappa shape index (κ3) is 7.47. The zero-order valence-electron chi connectivity index (χ0n) is 19.2. The van der Waals surface area contributed by atoms with E-state index in [-0.39, 0.29) is 0 Å². The minimum atomic E-state index is 0.341. The van der Waals surface area contributed by atoms with E-state index in [4.69, 9.17) is 18.9 Å². The summed E-state index contributed by atoms with van der Waals surface area (Å²) < 4.78 is 22.0. The molecule has 2 N–H and O–H groups in total. The summed E-state index contributed by atoms with van der Waals surface area (Å²) in [7, 11) is 5.17. The van der Waals surface area contributed by atoms with Gasteiger partial charge in [0.25, 0.3) is 0 Å². The van der Waals surface area contributed by atoms with E-state index in [1.165, 1.54) is 0 Å². The van der Waals surface area contributed by atoms with Crippen molar-refractivity contribution in [2.24, 2.45) is 10.9 Å². The Kier molecular flexibility index (Phi) is 9.55. The summed E-state index contributed by atoms with van der Waals surface area (Å²) in [4.78, 5) is 6.72. The van der Waals surface area contributed by atoms with Crippen molar-refractivity contribution in [3.8, 4) is 11.5 Å². The average molecular weight is 435 g/mol. The quantitative estimate of drug-likeness (QED) is 0.332. The highest BCUT2D eigenvalue weighted by atomic mass is 16.5. The number of hydrogen-bond donors (Lipinski definition) is 2. The fraction of sp³-hybridized carbons (Fsp3) is 0.696. The Morgan fingerprint density at radius 2 is 1.87 bits per heavy atom. The number of nitrogens with zero attached hydrogens (tertiary/aromatic N) is 2. The molecule has 31 heavy (non-hydrogen) atoms. The van der Waals surface area contributed by atoms with Gasteiger partial charge in [0.2, 0.25) is 0 Å². The van der Waals surface area contributed by atoms with Crippen LogP contribution in [-0.4, -0.2) is 79.3 Å². The lowest BCUT2D eigenvalue weighted by molar-refractivity contribution is 0.0203. The Morgan fingerprint density at radius 3 is 2.55 bits per heavy atom. The molecule has 2 aliphatic rings. The largest absolute Gasteiger partial charge is 0.497 e. The monoisotopic (exact) mass is 434 g/mol. The topological polar surface area (TPSA) is 76.6 Å². The molecule has 8 nitrogen and oxygen atoms in total. The number of ether oxygens (including phenoxy) is 4. The molecule has 1 atom stereocenters. The summed E-state index contributed by atoms with van der Waals surface area (Å²) >= 11 is 0. The smallest absolute Gasteiger partial charge is 0.191 e. The van der Waals surface area contributed by atoms with Crippen molar-refractivity contribution in [2.75, 3.05) is 72.2 Å². The van der Waals surface area contributed by atoms with Crippen LogP contribution in [0.25, 0.3) is 0 Å². The molecule has 174 valence electrons. The van der Waals surface area contributed by atoms with E-state index in [0.717, 1.165) is 94.9 Å². The van der Waals surface area contributed by atoms with E-state index in [1.54, 1.807) is 14.2 Å². The van der Waals surface area contributed by atoms with Crippen LogP contribution in [0, 0.1) is 5.92 Å². The number of benzene rings is 1. The lowest BCUT2D eigenvalue weighted by Gasteiger charge is -2.22. The molecule has 0 bridgehead atoms. The van der Waals surface area contributed by atoms with E-state index in [2.05, 4.69) is 32.7 Å². The van der Waals surface area contributed by atoms with Crippen LogP contribution < -0.4 is 25.0 Å². The number of guanidine groups is 1. The Balaban J connectivity index is 1.35. The Morgan fingerprint density at radius 1 is 1.13 bits per heavy atom. The lowest BCUT2D eigenvalue weighted by Crippen LogP contribution is -2.45. The first-order valence-electron chi connectivity index (χ1n) is 11.3. The van der Waals surface area contributed by atoms with Crippen LogP contribution in [0.15, 0.2) is 23.2 Å². The summed E-state index contributed by atoms with van der Waals surface area (Å²) in [6, 6.07) is 6.35. The van der Waals surface area contributed by atoms with Gasteiger partial charge in [0.05, 0.1) is 14.2 Å². The van der Waals surface area contributed by atoms with Crippen LogP contribution in [0.1, 0.15) is 25.7 Å². The predicted molar refractivity (Wildman–Crippen MR) is 124 cm³/mol. The van der Waals surface area contributed by atoms with Crippen molar-refractivity contribution in [3.63, 3.8) is 0 Å². The molecule has 2 fully saturated rings. The van der Waals surface area contributed by atoms with Crippen molar-refractivity contribution in [1.82, 2.24) is 10.6 Å². The Hall–Kier alpha value is -2.19. The summed E-state index contributed by atoms with van der Waals surface area (Å²) in [5, 5.41) is 6.95. The summed E-state index contributed by atoms with van der Waals surface area (Å²) in [5.74, 6) is 3.12. The van der Waals surface area contributed by atoms with Gasteiger partial charge in [0, 0.05) is 83.0 Å². The van der Waals surface area contributed by atoms with Gasteiger partial charge < -0.3 is 34.5 Å². The highest BCUT2D eigenvalue weighted by Gasteiger charge is 2.24. The van der Waals surface area contributed by atoms with Crippen LogP contribution in [0.5, 0.6) is 11.5 Å². The third-order valence-corrected chi connectivity index (χ3v) is 5.91. The molecular weight excluding hydrogens is 396 g/mol. The molecule has 0 amide bonds. The van der Waals surface area contributed by atoms with Crippen molar-refractivity contribution >= 4 is 11.6 Å². The summed E-state index contributed by atoms with van der Waals surface area (Å²) in [6.45, 7) is 6.11. The molecule has 2 saturated heterocycles. The second kappa shape index (κ2) is 12.6. The Labute approximate surface area is 186 Å². The summed E-state index contributed by atoms with van der Waals surface area (Å²) in [5.41, 5.74) is 1.12. The maximum Gasteiger partial charge on any atom is 0.191 e. The summed E-state index contributed by atoms with van der Waals surface area (Å²) in [6.07, 6.45) is 4.25. The molecular formula is C23H38N4O4. The van der Waals surface area contributed by atoms with Crippen LogP contribution in [0.2, 0.25) is 0 Å². The number of anilines is 1. The average Bonchev–Trinajstić information content (AvgIpc) is 3.29. The van der Waals surface area contributed by atoms with Crippen molar-refractivity contribution in [2.45, 2.75) is 31.7 Å². The van der Waals surface area contributed by atoms with E-state index >= 15 is 0 Å². The molecule has 1 aromatic rings. The highest BCUT2D eigenvalue weighted by Crippen LogP contribution is 2.30. The van der Waals surface area contributed by atoms with Gasteiger partial charge in [-0.1, -0.05) is 0 Å². The van der Waals surface area contributed by atoms with Gasteiger partial charge in [-0.2, -0.15) is 0 Å². The molecule has 0 aliphatic carbocycles. The number of aliphatic imine (C=N–C) groups is 1. The van der Waals surface area contributed by atoms with Gasteiger partial charge >= 0.3 is 0 Å². The second-order valence-corrected chi connectivity index (χ2v) is 8.13. The van der Waals surface area contributed by atoms with Gasteiger partial charge in [-0.05, 0) is 31.6 Å². The van der Waals surface area contributed by atoms with Gasteiger partial charge in [0.15, 0.2) is 5.96 Å². The van der Waals surface area contributed by atoms with Crippen LogP contribution in [-0.2, 0) is 9.47 Å². The van der Waals surface area contributed by atoms with Gasteiger partial charge in [0.1, 0.15) is 11.5 Å². The van der Waals surface area contributed by atoms with E-state index in [0.29, 0.717) is 12.0 Å². The fourth-order valence-electron chi connectivity index (χ4n) is 4.02. The number of rotatable bonds is 10. The molecule has 0 radical (unpaired) electrons. The Bertz CT molecular complexity index is 672. The molecule has 1 aromatic carbocycles. The standard InChI is InChI=1S/C23H38N4O4/c1-24-23(25-8-4-10-31-17-18-6-11-30-12-7-18)26-19-5-9-27(16-19)20-13-21(28-2)15-22(14-20)29-3/h13-15,18-19H,4-12,16-17H2,1-3H3,(H2,24,25,26). The van der Waals surface area contributed by atoms with E-state index < -0.39 is 0 Å². The van der Waals surface area contributed by atoms with Crippen molar-refractivity contribution in [3.05, 3.63) is 18.2 Å². The molecule has 2 aliphatic heterocycles. The lowest BCUT2D eigenvalue weighted by atomic mass is 10.0. The van der Waals surface area contributed by atoms with Crippen molar-refractivity contribution < 1.29 is 18.9 Å². The molecule has 0 saturated carbocycles. The number of methoxy groups -OCH3 is 2. The number of nitrogens with one attached hydrogen (secondary N) is 2. The van der Waals surface area contributed by atoms with Crippen LogP contribution >= 0.6 is 0 Å². The maximum atomic E-state index is 5.84. The zero-order valence-corrected chi connectivity index (χ0v) is 19.2. The van der Waals surface area contributed by atoms with Gasteiger partial charge in [-0.25, -0.2) is 0 Å². The molecule has 2 heterocycles. The van der Waals surface area contributed by atoms with Crippen molar-refractivity contribution in [1.29, 1.82) is 0 Å². The molecule has 3 rings (SSSR count). The first kappa shape index (κ1) is 23.5. The molecule has 0 aromatic heterocycles. The minimum Gasteiger partial charge on any atom is -0.497 e. The normalized spacial score (nSPS) is 20.0. The second-order valence-electron chi connectivity index (χ2n) is 8.13. The SMILES string of the molecule is CN=C(NCCCOCC1CCOCC1)NC1CCN(c2cc(OC)cc(OC)c2)C1. The maximum absolute atomic E-state index is 5.84. The van der Waals surface area contributed by atoms with Gasteiger partial charge in [-0.3, -0.25) is 4.99 Å². The first-order valence-corrected chi connectivity index (χ1v) is 11.3. The zero-order chi connectivity index (χ0) is 21.9. The number of hydrogen-bond acceptors (Lipinski definition) is 6. The third-order valence-electron chi connectivity index (χ3n) is 5.91. The fourth-order valence-corrected chi connectivity index (χ4v) is 4.02. The predicted octanol–water partition coefficient (Wildman–Crippen LogP) is 2.28. The van der Waals surface area contributed by atoms with E-state index in [9.17, 15) is 0 Å². The van der Waals surface area contributed by atoms with E-state index in [1.807, 2.05) is 13.1 Å². The molecule has 1 unspecified atom stereocenters. The van der Waals surface area contributed by atoms with Crippen LogP contribution in [0.3, 0.4) is 0 Å². The minimum absolute atomic E-state index is 0.341. The van der Waals surface area contributed by atoms with Crippen LogP contribution in [0.4, 0.5) is 5.69 Å². The molecule has 0 spiro atoms. The molecule has 8 heteroatoms. The highest BCUT2D eigenvalue weighted by molar-refractivity contribution is 5.80. The van der Waals surface area contributed by atoms with Gasteiger partial charge in [-0.15, -0.1) is 0 Å².